The minimum absolute atomic E-state index is 0.0513. The summed E-state index contributed by atoms with van der Waals surface area (Å²) < 4.78 is 20.4. The first-order valence-electron chi connectivity index (χ1n) is 2.54. The number of rotatable bonds is 4. The second kappa shape index (κ2) is 4.74. The Balaban J connectivity index is 3.78. The minimum Gasteiger partial charge on any atom is -0.442 e. The highest BCUT2D eigenvalue weighted by molar-refractivity contribution is 7.56. The Morgan fingerprint density at radius 3 is 2.44 bits per heavy atom. The summed E-state index contributed by atoms with van der Waals surface area (Å²) in [7, 11) is -2.85. The van der Waals surface area contributed by atoms with Gasteiger partial charge < -0.3 is 8.10 Å². The summed E-state index contributed by atoms with van der Waals surface area (Å²) in [4.78, 5) is 0. The van der Waals surface area contributed by atoms with Gasteiger partial charge in [0.1, 0.15) is 5.62 Å². The lowest BCUT2D eigenvalue weighted by Crippen LogP contribution is -1.93. The second-order valence-electron chi connectivity index (χ2n) is 1.33. The molecule has 0 saturated carbocycles. The molecule has 0 aliphatic carbocycles. The van der Waals surface area contributed by atoms with Crippen LogP contribution in [0.1, 0.15) is 6.92 Å². The molecular formula is C3H9AlClO3P. The Morgan fingerprint density at radius 2 is 2.33 bits per heavy atom. The number of halogens is 1. The van der Waals surface area contributed by atoms with Crippen LogP contribution in [0.4, 0.5) is 0 Å². The van der Waals surface area contributed by atoms with Gasteiger partial charge in [-0.1, -0.05) is 0 Å². The van der Waals surface area contributed by atoms with Crippen molar-refractivity contribution in [2.45, 2.75) is 6.92 Å². The van der Waals surface area contributed by atoms with Crippen LogP contribution < -0.4 is 0 Å². The topological polar surface area (TPSA) is 35.5 Å². The molecule has 54 valence electrons. The van der Waals surface area contributed by atoms with Crippen LogP contribution in [0.15, 0.2) is 0 Å². The maximum Gasteiger partial charge on any atom is 0.422 e. The van der Waals surface area contributed by atoms with E-state index >= 15 is 0 Å². The van der Waals surface area contributed by atoms with Gasteiger partial charge in [-0.2, -0.15) is 0 Å². The molecular weight excluding hydrogens is 177 g/mol. The molecule has 0 spiro atoms. The zero-order valence-corrected chi connectivity index (χ0v) is 9.11. The molecule has 0 aromatic rings. The first kappa shape index (κ1) is 9.97. The van der Waals surface area contributed by atoms with Crippen LogP contribution >= 0.6 is 19.2 Å². The molecule has 1 atom stereocenters. The van der Waals surface area contributed by atoms with Crippen LogP contribution in [0.2, 0.25) is 0 Å². The Hall–Kier alpha value is 0.972. The average molecular weight is 187 g/mol. The minimum atomic E-state index is -2.85. The maximum atomic E-state index is 11.0. The fraction of sp³-hybridized carbons (Fsp3) is 1.00. The zero-order chi connectivity index (χ0) is 7.33. The normalized spacial score (nSPS) is 17.1. The molecule has 0 fully saturated rings. The van der Waals surface area contributed by atoms with Crippen LogP contribution in [0.25, 0.3) is 0 Å². The van der Waals surface area contributed by atoms with E-state index in [2.05, 4.69) is 3.58 Å². The molecule has 1 unspecified atom stereocenters. The summed E-state index contributed by atoms with van der Waals surface area (Å²) >= 11 is 5.69. The number of hydrogen-bond acceptors (Lipinski definition) is 3. The first-order chi connectivity index (χ1) is 4.18. The van der Waals surface area contributed by atoms with Crippen LogP contribution in [0.5, 0.6) is 0 Å². The summed E-state index contributed by atoms with van der Waals surface area (Å²) in [6.07, 6.45) is 0. The van der Waals surface area contributed by atoms with Crippen molar-refractivity contribution in [3.05, 3.63) is 0 Å². The Kier molecular flexibility index (Phi) is 5.25. The molecule has 0 aromatic carbocycles. The van der Waals surface area contributed by atoms with Gasteiger partial charge in [-0.15, -0.1) is 11.6 Å². The summed E-state index contributed by atoms with van der Waals surface area (Å²) in [6, 6.07) is 0. The van der Waals surface area contributed by atoms with Crippen molar-refractivity contribution in [2.24, 2.45) is 0 Å². The van der Waals surface area contributed by atoms with E-state index in [1.54, 1.807) is 6.92 Å². The highest BCUT2D eigenvalue weighted by Crippen LogP contribution is 2.47. The van der Waals surface area contributed by atoms with Crippen molar-refractivity contribution in [1.82, 2.24) is 0 Å². The van der Waals surface area contributed by atoms with Gasteiger partial charge in [-0.3, -0.25) is 4.57 Å². The van der Waals surface area contributed by atoms with E-state index in [1.165, 1.54) is 0 Å². The van der Waals surface area contributed by atoms with Crippen molar-refractivity contribution in [2.75, 3.05) is 12.2 Å². The standard InChI is InChI=1S/C3H8ClO3P.Al.2H/c1-2-7-8(5,6)3-4;;;/h2-3H2,1H3,(H,5,6);;;/q;+1;;/p-1. The van der Waals surface area contributed by atoms with Crippen LogP contribution in [0.3, 0.4) is 0 Å². The van der Waals surface area contributed by atoms with Crippen molar-refractivity contribution in [3.63, 3.8) is 0 Å². The zero-order valence-electron chi connectivity index (χ0n) is 5.46. The Bertz CT molecular complexity index is 112. The van der Waals surface area contributed by atoms with Crippen LogP contribution in [-0.4, -0.2) is 28.9 Å². The molecule has 0 saturated heterocycles. The van der Waals surface area contributed by atoms with Gasteiger partial charge in [0.25, 0.3) is 0 Å². The third kappa shape index (κ3) is 3.62. The molecule has 9 heavy (non-hydrogen) atoms. The fourth-order valence-corrected chi connectivity index (χ4v) is 2.69. The predicted octanol–water partition coefficient (Wildman–Crippen LogP) is 0.977. The summed E-state index contributed by atoms with van der Waals surface area (Å²) in [5, 5.41) is 0. The van der Waals surface area contributed by atoms with Gasteiger partial charge in [0.2, 0.25) is 0 Å². The molecule has 0 heterocycles. The van der Waals surface area contributed by atoms with Crippen LogP contribution in [-0.2, 0) is 12.7 Å². The van der Waals surface area contributed by atoms with E-state index in [9.17, 15) is 4.57 Å². The lowest BCUT2D eigenvalue weighted by Gasteiger charge is -2.12. The Labute approximate surface area is 68.0 Å². The second-order valence-corrected chi connectivity index (χ2v) is 5.23. The Morgan fingerprint density at radius 1 is 1.78 bits per heavy atom. The van der Waals surface area contributed by atoms with Gasteiger partial charge in [-0.05, 0) is 6.92 Å². The highest BCUT2D eigenvalue weighted by Gasteiger charge is 2.17. The number of hydrogen-bond donors (Lipinski definition) is 0. The van der Waals surface area contributed by atoms with E-state index in [1.807, 2.05) is 0 Å². The van der Waals surface area contributed by atoms with E-state index in [0.717, 1.165) is 0 Å². The molecule has 0 amide bonds. The summed E-state index contributed by atoms with van der Waals surface area (Å²) in [6.45, 7) is 2.13. The SMILES string of the molecule is CCOP(=O)(CCl)[O][AlH2]. The fourth-order valence-electron chi connectivity index (χ4n) is 0.333. The largest absolute Gasteiger partial charge is 0.442 e. The van der Waals surface area contributed by atoms with Crippen molar-refractivity contribution >= 4 is 35.8 Å². The van der Waals surface area contributed by atoms with Gasteiger partial charge >= 0.3 is 24.2 Å². The molecule has 6 heteroatoms. The maximum absolute atomic E-state index is 11.0. The molecule has 0 aromatic heterocycles. The lowest BCUT2D eigenvalue weighted by molar-refractivity contribution is 0.289. The van der Waals surface area contributed by atoms with Crippen molar-refractivity contribution in [3.8, 4) is 0 Å². The van der Waals surface area contributed by atoms with Gasteiger partial charge in [0, 0.05) is 0 Å². The summed E-state index contributed by atoms with van der Waals surface area (Å²) in [5.74, 6) is 0. The summed E-state index contributed by atoms with van der Waals surface area (Å²) in [5.41, 5.74) is -0.0513. The molecule has 0 rings (SSSR count). The van der Waals surface area contributed by atoms with Gasteiger partial charge in [-0.25, -0.2) is 0 Å². The quantitative estimate of drug-likeness (QED) is 0.373. The van der Waals surface area contributed by atoms with Gasteiger partial charge in [0.05, 0.1) is 6.61 Å². The van der Waals surface area contributed by atoms with E-state index in [-0.39, 0.29) is 5.62 Å². The van der Waals surface area contributed by atoms with Crippen molar-refractivity contribution in [1.29, 1.82) is 0 Å². The monoisotopic (exact) mass is 186 g/mol. The van der Waals surface area contributed by atoms with Crippen LogP contribution in [0, 0.1) is 0 Å². The third-order valence-electron chi connectivity index (χ3n) is 0.750. The molecule has 3 nitrogen and oxygen atoms in total. The predicted molar refractivity (Wildman–Crippen MR) is 39.6 cm³/mol. The average Bonchev–Trinajstić information content (AvgIpc) is 1.89. The number of alkyl halides is 1. The third-order valence-corrected chi connectivity index (χ3v) is 4.80. The molecule has 0 N–H and O–H groups in total. The van der Waals surface area contributed by atoms with Crippen molar-refractivity contribution < 1.29 is 12.7 Å². The highest BCUT2D eigenvalue weighted by atomic mass is 35.5. The van der Waals surface area contributed by atoms with E-state index in [4.69, 9.17) is 16.1 Å². The smallest absolute Gasteiger partial charge is 0.422 e. The van der Waals surface area contributed by atoms with Gasteiger partial charge in [0.15, 0.2) is 0 Å². The molecule has 0 bridgehead atoms. The lowest BCUT2D eigenvalue weighted by atomic mass is 10.9. The first-order valence-corrected chi connectivity index (χ1v) is 5.61. The molecule has 0 radical (unpaired) electrons. The van der Waals surface area contributed by atoms with E-state index < -0.39 is 7.60 Å². The molecule has 0 aliphatic heterocycles. The van der Waals surface area contributed by atoms with E-state index in [0.29, 0.717) is 23.2 Å². The molecule has 0 aliphatic rings.